The zero-order chi connectivity index (χ0) is 12.2. The van der Waals surface area contributed by atoms with E-state index >= 15 is 0 Å². The van der Waals surface area contributed by atoms with Crippen molar-refractivity contribution in [3.05, 3.63) is 0 Å². The molecule has 0 aromatic heterocycles. The molecule has 1 unspecified atom stereocenters. The maximum atomic E-state index is 12.3. The van der Waals surface area contributed by atoms with Gasteiger partial charge in [-0.05, 0) is 31.6 Å². The highest BCUT2D eigenvalue weighted by atomic mass is 35.5. The minimum atomic E-state index is -0.206. The molecule has 1 atom stereocenters. The molecule has 3 heteroatoms. The average molecular weight is 246 g/mol. The van der Waals surface area contributed by atoms with E-state index in [-0.39, 0.29) is 5.41 Å². The summed E-state index contributed by atoms with van der Waals surface area (Å²) in [7, 11) is 0. The number of alkyl halides is 1. The molecule has 0 aromatic rings. The van der Waals surface area contributed by atoms with Crippen molar-refractivity contribution >= 4 is 17.5 Å². The van der Waals surface area contributed by atoms with Crippen molar-refractivity contribution < 1.29 is 4.79 Å². The lowest BCUT2D eigenvalue weighted by Gasteiger charge is -2.37. The van der Waals surface area contributed by atoms with Crippen LogP contribution in [0, 0.1) is 11.3 Å². The molecule has 0 radical (unpaired) electrons. The van der Waals surface area contributed by atoms with Crippen LogP contribution in [-0.4, -0.2) is 29.8 Å². The number of rotatable bonds is 4. The van der Waals surface area contributed by atoms with E-state index in [1.54, 1.807) is 0 Å². The van der Waals surface area contributed by atoms with Crippen molar-refractivity contribution in [2.45, 2.75) is 46.5 Å². The summed E-state index contributed by atoms with van der Waals surface area (Å²) in [6, 6.07) is 0. The van der Waals surface area contributed by atoms with Crippen LogP contribution in [0.15, 0.2) is 0 Å². The van der Waals surface area contributed by atoms with E-state index in [1.807, 2.05) is 18.7 Å². The second kappa shape index (κ2) is 5.90. The van der Waals surface area contributed by atoms with E-state index in [9.17, 15) is 4.79 Å². The van der Waals surface area contributed by atoms with Gasteiger partial charge in [-0.2, -0.15) is 0 Å². The standard InChI is InChI=1S/C13H24ClNO/c1-4-13(2,3)12(16)15-9-5-6-11(10-15)7-8-14/h11H,4-10H2,1-3H3. The normalized spacial score (nSPS) is 22.2. The zero-order valence-corrected chi connectivity index (χ0v) is 11.5. The van der Waals surface area contributed by atoms with E-state index < -0.39 is 0 Å². The first-order chi connectivity index (χ1) is 7.51. The topological polar surface area (TPSA) is 20.3 Å². The lowest BCUT2D eigenvalue weighted by molar-refractivity contribution is -0.142. The minimum absolute atomic E-state index is 0.206. The highest BCUT2D eigenvalue weighted by molar-refractivity contribution is 6.17. The van der Waals surface area contributed by atoms with Gasteiger partial charge in [0.2, 0.25) is 5.91 Å². The summed E-state index contributed by atoms with van der Waals surface area (Å²) < 4.78 is 0. The van der Waals surface area contributed by atoms with Crippen molar-refractivity contribution in [1.82, 2.24) is 4.90 Å². The van der Waals surface area contributed by atoms with Gasteiger partial charge in [-0.1, -0.05) is 20.8 Å². The molecular formula is C13H24ClNO. The predicted molar refractivity (Wildman–Crippen MR) is 68.7 cm³/mol. The first kappa shape index (κ1) is 13.8. The average Bonchev–Trinajstić information content (AvgIpc) is 2.29. The third-order valence-electron chi connectivity index (χ3n) is 3.79. The molecule has 94 valence electrons. The van der Waals surface area contributed by atoms with Gasteiger partial charge in [0.25, 0.3) is 0 Å². The van der Waals surface area contributed by atoms with Crippen molar-refractivity contribution in [1.29, 1.82) is 0 Å². The van der Waals surface area contributed by atoms with Crippen LogP contribution in [-0.2, 0) is 4.79 Å². The Kier molecular flexibility index (Phi) is 5.10. The molecule has 1 aliphatic heterocycles. The fraction of sp³-hybridized carbons (Fsp3) is 0.923. The number of hydrogen-bond donors (Lipinski definition) is 0. The molecule has 1 aliphatic rings. The molecule has 1 fully saturated rings. The summed E-state index contributed by atoms with van der Waals surface area (Å²) >= 11 is 5.78. The van der Waals surface area contributed by atoms with Crippen molar-refractivity contribution in [3.63, 3.8) is 0 Å². The molecule has 0 spiro atoms. The second-order valence-electron chi connectivity index (χ2n) is 5.47. The van der Waals surface area contributed by atoms with E-state index in [4.69, 9.17) is 11.6 Å². The largest absolute Gasteiger partial charge is 0.342 e. The Morgan fingerprint density at radius 2 is 2.19 bits per heavy atom. The van der Waals surface area contributed by atoms with Gasteiger partial charge >= 0.3 is 0 Å². The Hall–Kier alpha value is -0.240. The van der Waals surface area contributed by atoms with Crippen LogP contribution in [0.4, 0.5) is 0 Å². The number of carbonyl (C=O) groups excluding carboxylic acids is 1. The number of amides is 1. The quantitative estimate of drug-likeness (QED) is 0.696. The molecule has 0 aliphatic carbocycles. The van der Waals surface area contributed by atoms with Crippen LogP contribution < -0.4 is 0 Å². The Labute approximate surface area is 104 Å². The number of nitrogens with zero attached hydrogens (tertiary/aromatic N) is 1. The molecular weight excluding hydrogens is 222 g/mol. The Balaban J connectivity index is 2.56. The first-order valence-corrected chi connectivity index (χ1v) is 6.90. The lowest BCUT2D eigenvalue weighted by atomic mass is 9.86. The molecule has 16 heavy (non-hydrogen) atoms. The van der Waals surface area contributed by atoms with Crippen molar-refractivity contribution in [3.8, 4) is 0 Å². The van der Waals surface area contributed by atoms with Gasteiger partial charge in [-0.15, -0.1) is 11.6 Å². The van der Waals surface area contributed by atoms with Crippen LogP contribution in [0.3, 0.4) is 0 Å². The number of carbonyl (C=O) groups is 1. The molecule has 0 bridgehead atoms. The van der Waals surface area contributed by atoms with Gasteiger partial charge in [0, 0.05) is 24.4 Å². The van der Waals surface area contributed by atoms with Gasteiger partial charge in [0.15, 0.2) is 0 Å². The Morgan fingerprint density at radius 3 is 2.75 bits per heavy atom. The summed E-state index contributed by atoms with van der Waals surface area (Å²) in [5.41, 5.74) is -0.206. The summed E-state index contributed by atoms with van der Waals surface area (Å²) in [4.78, 5) is 14.3. The van der Waals surface area contributed by atoms with Gasteiger partial charge < -0.3 is 4.90 Å². The van der Waals surface area contributed by atoms with Crippen molar-refractivity contribution in [2.24, 2.45) is 11.3 Å². The maximum absolute atomic E-state index is 12.3. The third-order valence-corrected chi connectivity index (χ3v) is 4.00. The molecule has 0 saturated carbocycles. The minimum Gasteiger partial charge on any atom is -0.342 e. The van der Waals surface area contributed by atoms with Gasteiger partial charge in [-0.25, -0.2) is 0 Å². The summed E-state index contributed by atoms with van der Waals surface area (Å²) in [5, 5.41) is 0. The van der Waals surface area contributed by atoms with E-state index in [0.717, 1.165) is 32.4 Å². The van der Waals surface area contributed by atoms with Crippen LogP contribution in [0.5, 0.6) is 0 Å². The van der Waals surface area contributed by atoms with Gasteiger partial charge in [0.05, 0.1) is 0 Å². The molecule has 1 heterocycles. The Morgan fingerprint density at radius 1 is 1.50 bits per heavy atom. The SMILES string of the molecule is CCC(C)(C)C(=O)N1CCCC(CCCl)C1. The van der Waals surface area contributed by atoms with E-state index in [1.165, 1.54) is 6.42 Å². The smallest absolute Gasteiger partial charge is 0.228 e. The predicted octanol–water partition coefficient (Wildman–Crippen LogP) is 3.29. The van der Waals surface area contributed by atoms with Crippen LogP contribution in [0.1, 0.15) is 46.5 Å². The molecule has 1 saturated heterocycles. The summed E-state index contributed by atoms with van der Waals surface area (Å²) in [6.45, 7) is 8.01. The summed E-state index contributed by atoms with van der Waals surface area (Å²) in [6.07, 6.45) is 4.30. The van der Waals surface area contributed by atoms with Crippen LogP contribution in [0.25, 0.3) is 0 Å². The fourth-order valence-electron chi connectivity index (χ4n) is 2.22. The number of hydrogen-bond acceptors (Lipinski definition) is 1. The number of likely N-dealkylation sites (tertiary alicyclic amines) is 1. The number of halogens is 1. The molecule has 1 amide bonds. The molecule has 1 rings (SSSR count). The van der Waals surface area contributed by atoms with E-state index in [2.05, 4.69) is 6.92 Å². The van der Waals surface area contributed by atoms with Crippen LogP contribution in [0.2, 0.25) is 0 Å². The monoisotopic (exact) mass is 245 g/mol. The first-order valence-electron chi connectivity index (χ1n) is 6.36. The number of piperidine rings is 1. The highest BCUT2D eigenvalue weighted by Crippen LogP contribution is 2.27. The van der Waals surface area contributed by atoms with Crippen LogP contribution >= 0.6 is 11.6 Å². The van der Waals surface area contributed by atoms with Gasteiger partial charge in [-0.3, -0.25) is 4.79 Å². The molecule has 2 nitrogen and oxygen atoms in total. The molecule has 0 N–H and O–H groups in total. The molecule has 0 aromatic carbocycles. The fourth-order valence-corrected chi connectivity index (χ4v) is 2.53. The van der Waals surface area contributed by atoms with Crippen molar-refractivity contribution in [2.75, 3.05) is 19.0 Å². The van der Waals surface area contributed by atoms with Gasteiger partial charge in [0.1, 0.15) is 0 Å². The Bertz CT molecular complexity index is 238. The third kappa shape index (κ3) is 3.38. The lowest BCUT2D eigenvalue weighted by Crippen LogP contribution is -2.46. The highest BCUT2D eigenvalue weighted by Gasteiger charge is 2.32. The summed E-state index contributed by atoms with van der Waals surface area (Å²) in [5.74, 6) is 1.64. The zero-order valence-electron chi connectivity index (χ0n) is 10.8. The van der Waals surface area contributed by atoms with E-state index in [0.29, 0.717) is 17.7 Å². The second-order valence-corrected chi connectivity index (χ2v) is 5.85. The maximum Gasteiger partial charge on any atom is 0.228 e.